The largest absolute Gasteiger partial charge is 0.454 e. The van der Waals surface area contributed by atoms with E-state index in [4.69, 9.17) is 32.7 Å². The molecule has 156 valence electrons. The van der Waals surface area contributed by atoms with Crippen LogP contribution in [0.3, 0.4) is 0 Å². The fourth-order valence-electron chi connectivity index (χ4n) is 3.50. The van der Waals surface area contributed by atoms with E-state index >= 15 is 0 Å². The van der Waals surface area contributed by atoms with Gasteiger partial charge in [-0.05, 0) is 42.7 Å². The van der Waals surface area contributed by atoms with Crippen LogP contribution in [0.1, 0.15) is 18.4 Å². The smallest absolute Gasteiger partial charge is 0.246 e. The van der Waals surface area contributed by atoms with Crippen molar-refractivity contribution in [1.29, 1.82) is 0 Å². The minimum Gasteiger partial charge on any atom is -0.454 e. The molecule has 2 amide bonds. The lowest BCUT2D eigenvalue weighted by Gasteiger charge is -2.30. The second-order valence-corrected chi connectivity index (χ2v) is 7.92. The number of carbonyl (C=O) groups excluding carboxylic acids is 2. The molecule has 0 aliphatic carbocycles. The fraction of sp³-hybridized carbons (Fsp3) is 0.273. The van der Waals surface area contributed by atoms with E-state index in [1.807, 2.05) is 0 Å². The summed E-state index contributed by atoms with van der Waals surface area (Å²) in [5, 5.41) is 3.79. The van der Waals surface area contributed by atoms with E-state index in [0.717, 1.165) is 0 Å². The second-order valence-electron chi connectivity index (χ2n) is 7.13. The predicted octanol–water partition coefficient (Wildman–Crippen LogP) is 4.61. The van der Waals surface area contributed by atoms with Crippen LogP contribution in [0.4, 0.5) is 5.69 Å². The van der Waals surface area contributed by atoms with Crippen LogP contribution in [-0.2, 0) is 9.59 Å². The number of nitrogens with zero attached hydrogens (tertiary/aromatic N) is 1. The molecular weight excluding hydrogens is 427 g/mol. The lowest BCUT2D eigenvalue weighted by molar-refractivity contribution is -0.130. The van der Waals surface area contributed by atoms with Crippen molar-refractivity contribution in [1.82, 2.24) is 4.90 Å². The van der Waals surface area contributed by atoms with E-state index in [2.05, 4.69) is 5.32 Å². The number of amides is 2. The molecule has 1 saturated heterocycles. The summed E-state index contributed by atoms with van der Waals surface area (Å²) in [6.07, 6.45) is 4.36. The molecule has 0 atom stereocenters. The Hall–Kier alpha value is -2.70. The molecule has 6 nitrogen and oxygen atoms in total. The van der Waals surface area contributed by atoms with Crippen molar-refractivity contribution in [3.8, 4) is 11.5 Å². The second kappa shape index (κ2) is 8.98. The Balaban J connectivity index is 1.30. The monoisotopic (exact) mass is 446 g/mol. The molecule has 0 bridgehead atoms. The van der Waals surface area contributed by atoms with Crippen molar-refractivity contribution >= 4 is 46.8 Å². The molecule has 8 heteroatoms. The summed E-state index contributed by atoms with van der Waals surface area (Å²) >= 11 is 12.1. The molecule has 0 saturated carbocycles. The minimum atomic E-state index is -0.147. The highest BCUT2D eigenvalue weighted by molar-refractivity contribution is 6.42. The van der Waals surface area contributed by atoms with Crippen LogP contribution in [-0.4, -0.2) is 36.6 Å². The Morgan fingerprint density at radius 2 is 1.83 bits per heavy atom. The number of rotatable bonds is 4. The fourth-order valence-corrected chi connectivity index (χ4v) is 3.87. The topological polar surface area (TPSA) is 67.9 Å². The lowest BCUT2D eigenvalue weighted by Crippen LogP contribution is -2.40. The van der Waals surface area contributed by atoms with Gasteiger partial charge in [-0.25, -0.2) is 0 Å². The number of likely N-dealkylation sites (tertiary alicyclic amines) is 1. The van der Waals surface area contributed by atoms with Crippen molar-refractivity contribution in [2.45, 2.75) is 12.8 Å². The molecule has 0 radical (unpaired) electrons. The number of piperidine rings is 1. The van der Waals surface area contributed by atoms with Crippen molar-refractivity contribution < 1.29 is 19.1 Å². The van der Waals surface area contributed by atoms with Crippen molar-refractivity contribution in [2.24, 2.45) is 5.92 Å². The average Bonchev–Trinajstić information content (AvgIpc) is 3.22. The highest BCUT2D eigenvalue weighted by Crippen LogP contribution is 2.34. The molecule has 2 aromatic carbocycles. The van der Waals surface area contributed by atoms with Gasteiger partial charge < -0.3 is 19.7 Å². The third-order valence-corrected chi connectivity index (χ3v) is 6.04. The first-order valence-electron chi connectivity index (χ1n) is 9.63. The third kappa shape index (κ3) is 4.55. The number of carbonyl (C=O) groups is 2. The average molecular weight is 447 g/mol. The molecule has 2 heterocycles. The quantitative estimate of drug-likeness (QED) is 0.696. The molecule has 0 spiro atoms. The molecule has 2 aromatic rings. The van der Waals surface area contributed by atoms with Crippen LogP contribution < -0.4 is 14.8 Å². The Bertz CT molecular complexity index is 1000. The van der Waals surface area contributed by atoms with Crippen molar-refractivity contribution in [3.63, 3.8) is 0 Å². The van der Waals surface area contributed by atoms with E-state index in [-0.39, 0.29) is 24.5 Å². The predicted molar refractivity (Wildman–Crippen MR) is 116 cm³/mol. The van der Waals surface area contributed by atoms with Crippen LogP contribution in [0.2, 0.25) is 10.0 Å². The number of hydrogen-bond donors (Lipinski definition) is 1. The van der Waals surface area contributed by atoms with Gasteiger partial charge in [-0.2, -0.15) is 0 Å². The SMILES string of the molecule is O=C(Nc1ccc2c(c1)OCO2)C1CCN(C(=O)C=Cc2cccc(Cl)c2Cl)CC1. The zero-order valence-electron chi connectivity index (χ0n) is 16.1. The van der Waals surface area contributed by atoms with Gasteiger partial charge in [0.05, 0.1) is 10.0 Å². The number of fused-ring (bicyclic) bond motifs is 1. The lowest BCUT2D eigenvalue weighted by atomic mass is 9.95. The first kappa shape index (κ1) is 20.6. The molecule has 1 fully saturated rings. The van der Waals surface area contributed by atoms with E-state index < -0.39 is 0 Å². The van der Waals surface area contributed by atoms with Crippen LogP contribution in [0, 0.1) is 5.92 Å². The summed E-state index contributed by atoms with van der Waals surface area (Å²) in [7, 11) is 0. The molecule has 4 rings (SSSR count). The van der Waals surface area contributed by atoms with E-state index in [1.165, 1.54) is 6.08 Å². The van der Waals surface area contributed by atoms with Crippen LogP contribution >= 0.6 is 23.2 Å². The summed E-state index contributed by atoms with van der Waals surface area (Å²) in [5.41, 5.74) is 1.36. The Labute approximate surface area is 184 Å². The summed E-state index contributed by atoms with van der Waals surface area (Å²) in [6, 6.07) is 10.6. The number of benzene rings is 2. The minimum absolute atomic E-state index is 0.0535. The molecule has 0 aromatic heterocycles. The van der Waals surface area contributed by atoms with Crippen LogP contribution in [0.5, 0.6) is 11.5 Å². The molecule has 2 aliphatic heterocycles. The maximum absolute atomic E-state index is 12.6. The van der Waals surface area contributed by atoms with Gasteiger partial charge in [0, 0.05) is 36.8 Å². The van der Waals surface area contributed by atoms with Gasteiger partial charge in [0.15, 0.2) is 11.5 Å². The van der Waals surface area contributed by atoms with Gasteiger partial charge >= 0.3 is 0 Å². The Morgan fingerprint density at radius 3 is 2.63 bits per heavy atom. The highest BCUT2D eigenvalue weighted by Gasteiger charge is 2.27. The third-order valence-electron chi connectivity index (χ3n) is 5.20. The normalized spacial score (nSPS) is 16.1. The number of nitrogens with one attached hydrogen (secondary N) is 1. The zero-order chi connectivity index (χ0) is 21.1. The molecule has 0 unspecified atom stereocenters. The highest BCUT2D eigenvalue weighted by atomic mass is 35.5. The summed E-state index contributed by atoms with van der Waals surface area (Å²) in [6.45, 7) is 1.23. The standard InChI is InChI=1S/C22H20Cl2N2O4/c23-17-3-1-2-14(21(17)24)4-7-20(27)26-10-8-15(9-11-26)22(28)25-16-5-6-18-19(12-16)30-13-29-18/h1-7,12,15H,8-11,13H2,(H,25,28). The molecule has 1 N–H and O–H groups in total. The van der Waals surface area contributed by atoms with Gasteiger partial charge in [0.2, 0.25) is 18.6 Å². The number of anilines is 1. The number of halogens is 2. The summed E-state index contributed by atoms with van der Waals surface area (Å²) < 4.78 is 10.6. The molecule has 2 aliphatic rings. The van der Waals surface area contributed by atoms with Gasteiger partial charge in [0.1, 0.15) is 0 Å². The molecule has 30 heavy (non-hydrogen) atoms. The number of ether oxygens (including phenoxy) is 2. The van der Waals surface area contributed by atoms with Crippen molar-refractivity contribution in [2.75, 3.05) is 25.2 Å². The first-order chi connectivity index (χ1) is 14.5. The zero-order valence-corrected chi connectivity index (χ0v) is 17.6. The van der Waals surface area contributed by atoms with Gasteiger partial charge in [-0.3, -0.25) is 9.59 Å². The molecular formula is C22H20Cl2N2O4. The maximum atomic E-state index is 12.6. The number of hydrogen-bond acceptors (Lipinski definition) is 4. The van der Waals surface area contributed by atoms with Gasteiger partial charge in [-0.15, -0.1) is 0 Å². The summed E-state index contributed by atoms with van der Waals surface area (Å²) in [4.78, 5) is 26.8. The van der Waals surface area contributed by atoms with E-state index in [9.17, 15) is 9.59 Å². The van der Waals surface area contributed by atoms with Crippen molar-refractivity contribution in [3.05, 3.63) is 58.1 Å². The summed E-state index contributed by atoms with van der Waals surface area (Å²) in [5.74, 6) is 0.987. The van der Waals surface area contributed by atoms with E-state index in [0.29, 0.717) is 58.7 Å². The van der Waals surface area contributed by atoms with Gasteiger partial charge in [0.25, 0.3) is 0 Å². The van der Waals surface area contributed by atoms with E-state index in [1.54, 1.807) is 47.4 Å². The van der Waals surface area contributed by atoms with Gasteiger partial charge in [-0.1, -0.05) is 35.3 Å². The Kier molecular flexibility index (Phi) is 6.16. The first-order valence-corrected chi connectivity index (χ1v) is 10.4. The van der Waals surface area contributed by atoms with Crippen LogP contribution in [0.25, 0.3) is 6.08 Å². The van der Waals surface area contributed by atoms with Crippen LogP contribution in [0.15, 0.2) is 42.5 Å². The maximum Gasteiger partial charge on any atom is 0.246 e. The Morgan fingerprint density at radius 1 is 1.07 bits per heavy atom.